The normalized spacial score (nSPS) is 22.7. The lowest BCUT2D eigenvalue weighted by Gasteiger charge is -2.39. The first-order valence-corrected chi connectivity index (χ1v) is 9.57. The molecule has 1 aromatic rings. The Morgan fingerprint density at radius 2 is 2.04 bits per heavy atom. The number of hydrogen-bond acceptors (Lipinski definition) is 4. The monoisotopic (exact) mass is 346 g/mol. The highest BCUT2D eigenvalue weighted by Crippen LogP contribution is 2.18. The standard InChI is InChI=1S/C20H30N2O3/c1-2-16-5-3-4-6-19(16)20(23)21-10-7-18-15-22(11-14-25-18)17-8-12-24-13-9-17/h3-6,17-18H,2,7-15H2,1H3,(H,21,23)/t18-/m1/s1. The third-order valence-electron chi connectivity index (χ3n) is 5.27. The predicted octanol–water partition coefficient (Wildman–Crippen LogP) is 2.25. The van der Waals surface area contributed by atoms with Crippen molar-refractivity contribution in [3.63, 3.8) is 0 Å². The van der Waals surface area contributed by atoms with E-state index in [1.807, 2.05) is 24.3 Å². The average Bonchev–Trinajstić information content (AvgIpc) is 2.69. The number of aryl methyl sites for hydroxylation is 1. The highest BCUT2D eigenvalue weighted by atomic mass is 16.5. The zero-order valence-electron chi connectivity index (χ0n) is 15.2. The quantitative estimate of drug-likeness (QED) is 0.858. The number of amides is 1. The topological polar surface area (TPSA) is 50.8 Å². The van der Waals surface area contributed by atoms with E-state index in [9.17, 15) is 4.79 Å². The van der Waals surface area contributed by atoms with Crippen LogP contribution in [0, 0.1) is 0 Å². The zero-order valence-corrected chi connectivity index (χ0v) is 15.2. The van der Waals surface area contributed by atoms with Crippen LogP contribution in [0.25, 0.3) is 0 Å². The fourth-order valence-corrected chi connectivity index (χ4v) is 3.79. The number of morpholine rings is 1. The molecular formula is C20H30N2O3. The van der Waals surface area contributed by atoms with E-state index >= 15 is 0 Å². The van der Waals surface area contributed by atoms with Gasteiger partial charge >= 0.3 is 0 Å². The number of carbonyl (C=O) groups is 1. The molecule has 5 heteroatoms. The molecule has 2 aliphatic heterocycles. The van der Waals surface area contributed by atoms with Gasteiger partial charge in [0.1, 0.15) is 0 Å². The Hall–Kier alpha value is -1.43. The Labute approximate surface area is 150 Å². The van der Waals surface area contributed by atoms with Gasteiger partial charge in [-0.2, -0.15) is 0 Å². The molecule has 25 heavy (non-hydrogen) atoms. The van der Waals surface area contributed by atoms with Gasteiger partial charge in [0.25, 0.3) is 5.91 Å². The SMILES string of the molecule is CCc1ccccc1C(=O)NCC[C@@H]1CN(C2CCOCC2)CCO1. The van der Waals surface area contributed by atoms with E-state index in [2.05, 4.69) is 17.1 Å². The molecule has 2 heterocycles. The van der Waals surface area contributed by atoms with Crippen LogP contribution in [0.1, 0.15) is 42.1 Å². The van der Waals surface area contributed by atoms with Crippen LogP contribution in [0.5, 0.6) is 0 Å². The van der Waals surface area contributed by atoms with Crippen molar-refractivity contribution in [3.8, 4) is 0 Å². The first kappa shape index (κ1) is 18.4. The first-order valence-electron chi connectivity index (χ1n) is 9.57. The van der Waals surface area contributed by atoms with Gasteiger partial charge in [-0.3, -0.25) is 9.69 Å². The Morgan fingerprint density at radius 1 is 1.24 bits per heavy atom. The number of carbonyl (C=O) groups excluding carboxylic acids is 1. The van der Waals surface area contributed by atoms with Crippen LogP contribution in [-0.2, 0) is 15.9 Å². The third kappa shape index (κ3) is 5.03. The molecule has 5 nitrogen and oxygen atoms in total. The summed E-state index contributed by atoms with van der Waals surface area (Å²) in [5, 5.41) is 3.06. The maximum atomic E-state index is 12.4. The second-order valence-electron chi connectivity index (χ2n) is 6.89. The molecule has 1 atom stereocenters. The lowest BCUT2D eigenvalue weighted by atomic mass is 10.0. The Balaban J connectivity index is 1.44. The molecule has 3 rings (SSSR count). The van der Waals surface area contributed by atoms with Crippen molar-refractivity contribution >= 4 is 5.91 Å². The molecule has 0 aromatic heterocycles. The Bertz CT molecular complexity index is 558. The highest BCUT2D eigenvalue weighted by Gasteiger charge is 2.27. The van der Waals surface area contributed by atoms with E-state index in [-0.39, 0.29) is 12.0 Å². The lowest BCUT2D eigenvalue weighted by molar-refractivity contribution is -0.0636. The Kier molecular flexibility index (Phi) is 6.84. The Morgan fingerprint density at radius 3 is 2.84 bits per heavy atom. The average molecular weight is 346 g/mol. The molecule has 1 N–H and O–H groups in total. The van der Waals surface area contributed by atoms with Crippen molar-refractivity contribution < 1.29 is 14.3 Å². The number of nitrogens with zero attached hydrogens (tertiary/aromatic N) is 1. The van der Waals surface area contributed by atoms with E-state index < -0.39 is 0 Å². The summed E-state index contributed by atoms with van der Waals surface area (Å²) in [5.41, 5.74) is 1.89. The van der Waals surface area contributed by atoms with E-state index in [0.717, 1.165) is 69.7 Å². The second-order valence-corrected chi connectivity index (χ2v) is 6.89. The maximum absolute atomic E-state index is 12.4. The number of nitrogens with one attached hydrogen (secondary N) is 1. The van der Waals surface area contributed by atoms with Gasteiger partial charge in [0.05, 0.1) is 12.7 Å². The summed E-state index contributed by atoms with van der Waals surface area (Å²) >= 11 is 0. The molecule has 2 aliphatic rings. The summed E-state index contributed by atoms with van der Waals surface area (Å²) in [4.78, 5) is 14.9. The van der Waals surface area contributed by atoms with Crippen molar-refractivity contribution in [2.75, 3.05) is 39.5 Å². The largest absolute Gasteiger partial charge is 0.381 e. The fourth-order valence-electron chi connectivity index (χ4n) is 3.79. The van der Waals surface area contributed by atoms with Gasteiger partial charge in [-0.1, -0.05) is 25.1 Å². The van der Waals surface area contributed by atoms with Crippen LogP contribution in [0.3, 0.4) is 0 Å². The minimum absolute atomic E-state index is 0.0227. The predicted molar refractivity (Wildman–Crippen MR) is 97.9 cm³/mol. The summed E-state index contributed by atoms with van der Waals surface area (Å²) in [7, 11) is 0. The van der Waals surface area contributed by atoms with Crippen LogP contribution in [-0.4, -0.2) is 62.4 Å². The minimum atomic E-state index is 0.0227. The zero-order chi connectivity index (χ0) is 17.5. The van der Waals surface area contributed by atoms with Crippen LogP contribution >= 0.6 is 0 Å². The van der Waals surface area contributed by atoms with E-state index in [0.29, 0.717) is 12.6 Å². The summed E-state index contributed by atoms with van der Waals surface area (Å²) in [5.74, 6) is 0.0227. The number of hydrogen-bond donors (Lipinski definition) is 1. The maximum Gasteiger partial charge on any atom is 0.251 e. The molecule has 0 aliphatic carbocycles. The van der Waals surface area contributed by atoms with Crippen molar-refractivity contribution in [2.24, 2.45) is 0 Å². The van der Waals surface area contributed by atoms with Crippen molar-refractivity contribution in [3.05, 3.63) is 35.4 Å². The van der Waals surface area contributed by atoms with Crippen molar-refractivity contribution in [1.29, 1.82) is 0 Å². The summed E-state index contributed by atoms with van der Waals surface area (Å²) in [6.45, 7) is 7.24. The number of ether oxygens (including phenoxy) is 2. The molecule has 138 valence electrons. The molecular weight excluding hydrogens is 316 g/mol. The summed E-state index contributed by atoms with van der Waals surface area (Å²) in [6, 6.07) is 8.45. The molecule has 2 saturated heterocycles. The molecule has 1 aromatic carbocycles. The van der Waals surface area contributed by atoms with Crippen LogP contribution in [0.2, 0.25) is 0 Å². The number of rotatable bonds is 6. The van der Waals surface area contributed by atoms with Crippen LogP contribution in [0.15, 0.2) is 24.3 Å². The molecule has 0 radical (unpaired) electrons. The van der Waals surface area contributed by atoms with Gasteiger partial charge in [0, 0.05) is 44.5 Å². The molecule has 0 spiro atoms. The first-order chi connectivity index (χ1) is 12.3. The van der Waals surface area contributed by atoms with Gasteiger partial charge in [-0.15, -0.1) is 0 Å². The van der Waals surface area contributed by atoms with E-state index in [1.165, 1.54) is 0 Å². The van der Waals surface area contributed by atoms with E-state index in [4.69, 9.17) is 9.47 Å². The van der Waals surface area contributed by atoms with Gasteiger partial charge in [0.15, 0.2) is 0 Å². The molecule has 0 saturated carbocycles. The molecule has 0 unspecified atom stereocenters. The van der Waals surface area contributed by atoms with Crippen molar-refractivity contribution in [1.82, 2.24) is 10.2 Å². The van der Waals surface area contributed by atoms with Gasteiger partial charge in [-0.05, 0) is 37.3 Å². The van der Waals surface area contributed by atoms with Crippen molar-refractivity contribution in [2.45, 2.75) is 44.8 Å². The molecule has 0 bridgehead atoms. The summed E-state index contributed by atoms with van der Waals surface area (Å²) < 4.78 is 11.4. The molecule has 1 amide bonds. The van der Waals surface area contributed by atoms with E-state index in [1.54, 1.807) is 0 Å². The lowest BCUT2D eigenvalue weighted by Crippen LogP contribution is -2.50. The second kappa shape index (κ2) is 9.32. The summed E-state index contributed by atoms with van der Waals surface area (Å²) in [6.07, 6.45) is 4.18. The third-order valence-corrected chi connectivity index (χ3v) is 5.27. The number of benzene rings is 1. The minimum Gasteiger partial charge on any atom is -0.381 e. The van der Waals surface area contributed by atoms with Gasteiger partial charge < -0.3 is 14.8 Å². The highest BCUT2D eigenvalue weighted by molar-refractivity contribution is 5.95. The fraction of sp³-hybridized carbons (Fsp3) is 0.650. The van der Waals surface area contributed by atoms with Gasteiger partial charge in [0.2, 0.25) is 0 Å². The van der Waals surface area contributed by atoms with Crippen LogP contribution in [0.4, 0.5) is 0 Å². The molecule has 2 fully saturated rings. The van der Waals surface area contributed by atoms with Gasteiger partial charge in [-0.25, -0.2) is 0 Å². The smallest absolute Gasteiger partial charge is 0.251 e. The van der Waals surface area contributed by atoms with Crippen LogP contribution < -0.4 is 5.32 Å².